The third-order valence-electron chi connectivity index (χ3n) is 4.78. The van der Waals surface area contributed by atoms with E-state index >= 15 is 0 Å². The Morgan fingerprint density at radius 2 is 2.19 bits per heavy atom. The Morgan fingerprint density at radius 3 is 2.92 bits per heavy atom. The molecule has 1 aromatic carbocycles. The average Bonchev–Trinajstić information content (AvgIpc) is 3.17. The number of benzene rings is 1. The number of hydrogen-bond acceptors (Lipinski definition) is 5. The first-order chi connectivity index (χ1) is 12.7. The van der Waals surface area contributed by atoms with Gasteiger partial charge in [-0.3, -0.25) is 9.69 Å². The summed E-state index contributed by atoms with van der Waals surface area (Å²) in [5.41, 5.74) is 2.15. The molecule has 1 N–H and O–H groups in total. The van der Waals surface area contributed by atoms with E-state index in [0.717, 1.165) is 50.3 Å². The van der Waals surface area contributed by atoms with Gasteiger partial charge in [-0.05, 0) is 43.5 Å². The Labute approximate surface area is 154 Å². The van der Waals surface area contributed by atoms with Crippen LogP contribution in [-0.4, -0.2) is 42.7 Å². The molecule has 2 aromatic rings. The zero-order valence-corrected chi connectivity index (χ0v) is 15.5. The molecule has 6 nitrogen and oxygen atoms in total. The number of carbonyl (C=O) groups is 1. The van der Waals surface area contributed by atoms with Gasteiger partial charge in [0, 0.05) is 31.6 Å². The summed E-state index contributed by atoms with van der Waals surface area (Å²) in [6, 6.07) is 10.0. The molecule has 1 aliphatic rings. The van der Waals surface area contributed by atoms with Crippen molar-refractivity contribution in [2.45, 2.75) is 38.6 Å². The van der Waals surface area contributed by atoms with Gasteiger partial charge >= 0.3 is 0 Å². The van der Waals surface area contributed by atoms with Crippen LogP contribution in [-0.2, 0) is 6.54 Å². The van der Waals surface area contributed by atoms with Gasteiger partial charge in [-0.25, -0.2) is 0 Å². The molecule has 26 heavy (non-hydrogen) atoms. The third-order valence-corrected chi connectivity index (χ3v) is 4.78. The van der Waals surface area contributed by atoms with Gasteiger partial charge in [0.2, 0.25) is 5.76 Å². The zero-order chi connectivity index (χ0) is 18.4. The molecule has 0 radical (unpaired) electrons. The molecule has 0 saturated carbocycles. The second kappa shape index (κ2) is 8.85. The van der Waals surface area contributed by atoms with Gasteiger partial charge in [0.1, 0.15) is 5.75 Å². The van der Waals surface area contributed by atoms with Crippen molar-refractivity contribution in [1.29, 1.82) is 0 Å². The number of hydrogen-bond donors (Lipinski definition) is 1. The predicted molar refractivity (Wildman–Crippen MR) is 99.4 cm³/mol. The lowest BCUT2D eigenvalue weighted by Gasteiger charge is -2.31. The van der Waals surface area contributed by atoms with Crippen LogP contribution in [0.25, 0.3) is 0 Å². The maximum Gasteiger partial charge on any atom is 0.289 e. The maximum atomic E-state index is 12.0. The van der Waals surface area contributed by atoms with Crippen molar-refractivity contribution >= 4 is 5.91 Å². The highest BCUT2D eigenvalue weighted by Gasteiger charge is 2.25. The fraction of sp³-hybridized carbons (Fsp3) is 0.500. The monoisotopic (exact) mass is 357 g/mol. The fourth-order valence-corrected chi connectivity index (χ4v) is 3.34. The van der Waals surface area contributed by atoms with Crippen molar-refractivity contribution in [3.63, 3.8) is 0 Å². The molecule has 0 spiro atoms. The van der Waals surface area contributed by atoms with E-state index in [2.05, 4.69) is 27.5 Å². The molecule has 1 aliphatic heterocycles. The molecule has 6 heteroatoms. The summed E-state index contributed by atoms with van der Waals surface area (Å²) in [6.07, 6.45) is 3.09. The number of amides is 1. The van der Waals surface area contributed by atoms with Gasteiger partial charge in [0.15, 0.2) is 0 Å². The molecule has 2 heterocycles. The lowest BCUT2D eigenvalue weighted by molar-refractivity contribution is 0.0916. The summed E-state index contributed by atoms with van der Waals surface area (Å²) in [5.74, 6) is 1.30. The highest BCUT2D eigenvalue weighted by molar-refractivity contribution is 5.91. The van der Waals surface area contributed by atoms with E-state index in [1.807, 2.05) is 19.1 Å². The minimum Gasteiger partial charge on any atom is -0.497 e. The Bertz CT molecular complexity index is 711. The van der Waals surface area contributed by atoms with Crippen LogP contribution in [0, 0.1) is 0 Å². The Hall–Kier alpha value is -2.34. The van der Waals surface area contributed by atoms with Crippen molar-refractivity contribution in [2.24, 2.45) is 0 Å². The van der Waals surface area contributed by atoms with Crippen molar-refractivity contribution < 1.29 is 14.1 Å². The van der Waals surface area contributed by atoms with Crippen LogP contribution in [0.4, 0.5) is 0 Å². The van der Waals surface area contributed by atoms with Gasteiger partial charge < -0.3 is 14.6 Å². The minimum absolute atomic E-state index is 0.184. The average molecular weight is 357 g/mol. The van der Waals surface area contributed by atoms with Crippen molar-refractivity contribution in [2.75, 3.05) is 26.7 Å². The highest BCUT2D eigenvalue weighted by Crippen LogP contribution is 2.27. The third kappa shape index (κ3) is 4.64. The number of nitrogens with zero attached hydrogens (tertiary/aromatic N) is 2. The van der Waals surface area contributed by atoms with Gasteiger partial charge in [0.05, 0.1) is 12.8 Å². The van der Waals surface area contributed by atoms with Crippen LogP contribution < -0.4 is 10.1 Å². The molecule has 0 aliphatic carbocycles. The van der Waals surface area contributed by atoms with E-state index in [1.165, 1.54) is 5.56 Å². The highest BCUT2D eigenvalue weighted by atomic mass is 16.5. The maximum absolute atomic E-state index is 12.0. The largest absolute Gasteiger partial charge is 0.497 e. The fourth-order valence-electron chi connectivity index (χ4n) is 3.34. The van der Waals surface area contributed by atoms with Crippen molar-refractivity contribution in [3.8, 4) is 5.75 Å². The number of likely N-dealkylation sites (tertiary alicyclic amines) is 1. The van der Waals surface area contributed by atoms with Gasteiger partial charge in [-0.15, -0.1) is 0 Å². The van der Waals surface area contributed by atoms with E-state index in [-0.39, 0.29) is 5.91 Å². The first kappa shape index (κ1) is 18.5. The molecular weight excluding hydrogens is 330 g/mol. The van der Waals surface area contributed by atoms with Gasteiger partial charge in [0.25, 0.3) is 5.91 Å². The predicted octanol–water partition coefficient (Wildman–Crippen LogP) is 3.20. The molecule has 0 unspecified atom stereocenters. The molecule has 1 saturated heterocycles. The lowest BCUT2D eigenvalue weighted by Crippen LogP contribution is -2.34. The number of methoxy groups -OCH3 is 1. The van der Waals surface area contributed by atoms with Crippen LogP contribution in [0.2, 0.25) is 0 Å². The summed E-state index contributed by atoms with van der Waals surface area (Å²) < 4.78 is 10.5. The van der Waals surface area contributed by atoms with E-state index in [1.54, 1.807) is 13.2 Å². The van der Waals surface area contributed by atoms with E-state index in [0.29, 0.717) is 18.2 Å². The standard InChI is InChI=1S/C20H27N3O3/c1-3-10-21-20(24)19-12-18(22-26-19)16-5-4-11-23(14-16)13-15-6-8-17(25-2)9-7-15/h6-9,12,16H,3-5,10-11,13-14H2,1-2H3,(H,21,24)/t16-/m0/s1. The van der Waals surface area contributed by atoms with Crippen molar-refractivity contribution in [1.82, 2.24) is 15.4 Å². The number of aromatic nitrogens is 1. The number of nitrogens with one attached hydrogen (secondary N) is 1. The molecule has 1 amide bonds. The number of rotatable bonds is 7. The smallest absolute Gasteiger partial charge is 0.289 e. The summed E-state index contributed by atoms with van der Waals surface area (Å²) in [7, 11) is 1.68. The summed E-state index contributed by atoms with van der Waals surface area (Å²) in [5, 5.41) is 6.98. The number of carbonyl (C=O) groups excluding carboxylic acids is 1. The Kier molecular flexibility index (Phi) is 6.28. The molecular formula is C20H27N3O3. The Morgan fingerprint density at radius 1 is 1.38 bits per heavy atom. The van der Waals surface area contributed by atoms with Crippen LogP contribution in [0.1, 0.15) is 53.9 Å². The van der Waals surface area contributed by atoms with Crippen LogP contribution in [0.3, 0.4) is 0 Å². The summed E-state index contributed by atoms with van der Waals surface area (Å²) >= 11 is 0. The van der Waals surface area contributed by atoms with Crippen LogP contribution in [0.5, 0.6) is 5.75 Å². The molecule has 1 fully saturated rings. The van der Waals surface area contributed by atoms with Crippen molar-refractivity contribution in [3.05, 3.63) is 47.3 Å². The number of ether oxygens (including phenoxy) is 1. The van der Waals surface area contributed by atoms with Crippen LogP contribution >= 0.6 is 0 Å². The lowest BCUT2D eigenvalue weighted by atomic mass is 9.94. The van der Waals surface area contributed by atoms with Crippen LogP contribution in [0.15, 0.2) is 34.9 Å². The minimum atomic E-state index is -0.184. The second-order valence-electron chi connectivity index (χ2n) is 6.79. The molecule has 1 atom stereocenters. The first-order valence-electron chi connectivity index (χ1n) is 9.29. The molecule has 0 bridgehead atoms. The SMILES string of the molecule is CCCNC(=O)c1cc([C@H]2CCCN(Cc3ccc(OC)cc3)C2)no1. The topological polar surface area (TPSA) is 67.6 Å². The summed E-state index contributed by atoms with van der Waals surface area (Å²) in [4.78, 5) is 14.4. The summed E-state index contributed by atoms with van der Waals surface area (Å²) in [6.45, 7) is 5.57. The molecule has 3 rings (SSSR count). The number of piperidine rings is 1. The normalized spacial score (nSPS) is 17.8. The van der Waals surface area contributed by atoms with Gasteiger partial charge in [-0.2, -0.15) is 0 Å². The van der Waals surface area contributed by atoms with E-state index in [4.69, 9.17) is 9.26 Å². The zero-order valence-electron chi connectivity index (χ0n) is 15.5. The quantitative estimate of drug-likeness (QED) is 0.824. The van der Waals surface area contributed by atoms with Gasteiger partial charge in [-0.1, -0.05) is 24.2 Å². The second-order valence-corrected chi connectivity index (χ2v) is 6.79. The van der Waals surface area contributed by atoms with E-state index < -0.39 is 0 Å². The first-order valence-corrected chi connectivity index (χ1v) is 9.29. The molecule has 140 valence electrons. The van der Waals surface area contributed by atoms with E-state index in [9.17, 15) is 4.79 Å². The Balaban J connectivity index is 1.59. The molecule has 1 aromatic heterocycles.